The number of aromatic nitrogens is 3. The van der Waals surface area contributed by atoms with Crippen LogP contribution >= 0.6 is 11.6 Å². The van der Waals surface area contributed by atoms with Gasteiger partial charge in [0, 0.05) is 59.4 Å². The molecule has 0 aliphatic heterocycles. The quantitative estimate of drug-likeness (QED) is 0.384. The lowest BCUT2D eigenvalue weighted by atomic mass is 9.99. The van der Waals surface area contributed by atoms with Crippen molar-refractivity contribution in [3.05, 3.63) is 91.1 Å². The summed E-state index contributed by atoms with van der Waals surface area (Å²) in [5, 5.41) is 2.71. The molecular formula is C23H15ClF2N4O2. The zero-order valence-electron chi connectivity index (χ0n) is 16.4. The van der Waals surface area contributed by atoms with Crippen LogP contribution in [-0.4, -0.2) is 26.4 Å². The summed E-state index contributed by atoms with van der Waals surface area (Å²) in [7, 11) is 0. The van der Waals surface area contributed by atoms with Gasteiger partial charge in [-0.15, -0.1) is 8.78 Å². The molecule has 3 aromatic heterocycles. The maximum Gasteiger partial charge on any atom is 0.487 e. The van der Waals surface area contributed by atoms with Gasteiger partial charge in [-0.25, -0.2) is 0 Å². The van der Waals surface area contributed by atoms with E-state index in [9.17, 15) is 13.6 Å². The second kappa shape index (κ2) is 9.07. The Labute approximate surface area is 186 Å². The molecule has 1 amide bonds. The second-order valence-electron chi connectivity index (χ2n) is 6.62. The third-order valence-corrected chi connectivity index (χ3v) is 4.52. The molecule has 0 aliphatic rings. The number of hydrogen-bond acceptors (Lipinski definition) is 5. The van der Waals surface area contributed by atoms with Crippen molar-refractivity contribution in [3.63, 3.8) is 0 Å². The Bertz CT molecular complexity index is 1220. The molecule has 0 bridgehead atoms. The van der Waals surface area contributed by atoms with Gasteiger partial charge in [0.1, 0.15) is 5.75 Å². The maximum atomic E-state index is 12.8. The molecule has 4 aromatic rings. The van der Waals surface area contributed by atoms with Gasteiger partial charge in [-0.05, 0) is 60.2 Å². The fraction of sp³-hybridized carbons (Fsp3) is 0.0435. The van der Waals surface area contributed by atoms with E-state index in [0.29, 0.717) is 16.9 Å². The minimum Gasteiger partial charge on any atom is -0.420 e. The first kappa shape index (κ1) is 21.3. The van der Waals surface area contributed by atoms with E-state index < -0.39 is 11.5 Å². The molecule has 1 N–H and O–H groups in total. The molecule has 0 radical (unpaired) electrons. The van der Waals surface area contributed by atoms with E-state index in [1.54, 1.807) is 30.9 Å². The molecule has 1 aromatic carbocycles. The number of carbonyl (C=O) groups excluding carboxylic acids is 1. The predicted octanol–water partition coefficient (Wildman–Crippen LogP) is 5.63. The van der Waals surface area contributed by atoms with E-state index in [2.05, 4.69) is 25.0 Å². The molecule has 4 rings (SSSR count). The lowest BCUT2D eigenvalue weighted by molar-refractivity contribution is -0.0964. The number of anilines is 1. The third-order valence-electron chi connectivity index (χ3n) is 4.44. The van der Waals surface area contributed by atoms with Crippen molar-refractivity contribution in [1.82, 2.24) is 15.0 Å². The molecule has 0 saturated heterocycles. The van der Waals surface area contributed by atoms with Crippen LogP contribution in [-0.2, 0) is 0 Å². The fourth-order valence-electron chi connectivity index (χ4n) is 3.02. The number of hydrogen-bond donors (Lipinski definition) is 1. The molecule has 0 saturated carbocycles. The molecule has 6 nitrogen and oxygen atoms in total. The molecule has 32 heavy (non-hydrogen) atoms. The number of alkyl halides is 3. The number of carbonyl (C=O) groups is 1. The monoisotopic (exact) mass is 452 g/mol. The topological polar surface area (TPSA) is 77.0 Å². The first-order valence-electron chi connectivity index (χ1n) is 9.37. The van der Waals surface area contributed by atoms with E-state index in [1.165, 1.54) is 30.5 Å². The molecule has 9 heteroatoms. The van der Waals surface area contributed by atoms with Gasteiger partial charge in [-0.2, -0.15) is 0 Å². The Kier molecular flexibility index (Phi) is 6.04. The first-order chi connectivity index (χ1) is 15.4. The minimum absolute atomic E-state index is 0.133. The van der Waals surface area contributed by atoms with Crippen LogP contribution in [0, 0.1) is 0 Å². The molecule has 0 spiro atoms. The third kappa shape index (κ3) is 5.22. The average molecular weight is 453 g/mol. The number of rotatable bonds is 6. The Balaban J connectivity index is 1.62. The van der Waals surface area contributed by atoms with Gasteiger partial charge >= 0.3 is 5.57 Å². The Morgan fingerprint density at radius 1 is 0.906 bits per heavy atom. The van der Waals surface area contributed by atoms with Crippen molar-refractivity contribution in [1.29, 1.82) is 0 Å². The zero-order valence-corrected chi connectivity index (χ0v) is 17.1. The minimum atomic E-state index is -3.81. The smallest absolute Gasteiger partial charge is 0.420 e. The van der Waals surface area contributed by atoms with Gasteiger partial charge in [0.05, 0.1) is 11.3 Å². The summed E-state index contributed by atoms with van der Waals surface area (Å²) in [4.78, 5) is 25.4. The lowest BCUT2D eigenvalue weighted by Gasteiger charge is -2.13. The van der Waals surface area contributed by atoms with Gasteiger partial charge < -0.3 is 10.1 Å². The highest BCUT2D eigenvalue weighted by molar-refractivity contribution is 6.20. The molecule has 0 aliphatic carbocycles. The summed E-state index contributed by atoms with van der Waals surface area (Å²) in [6.07, 6.45) is 8.13. The van der Waals surface area contributed by atoms with Gasteiger partial charge in [-0.1, -0.05) is 0 Å². The standard InChI is InChI=1S/C23H15ClF2N4O2/c24-23(25,26)32-19-3-1-18(2-4-19)30-22(31)17-13-20(15-5-9-27-10-6-15)21(29-14-17)16-7-11-28-12-8-16/h1-14H,(H,30,31). The molecule has 3 heterocycles. The van der Waals surface area contributed by atoms with Gasteiger partial charge in [0.2, 0.25) is 0 Å². The summed E-state index contributed by atoms with van der Waals surface area (Å²) < 4.78 is 29.7. The SMILES string of the molecule is O=C(Nc1ccc(OC(F)(F)Cl)cc1)c1cnc(-c2ccncc2)c(-c2ccncc2)c1. The van der Waals surface area contributed by atoms with Crippen molar-refractivity contribution in [3.8, 4) is 28.1 Å². The van der Waals surface area contributed by atoms with Crippen LogP contribution in [0.3, 0.4) is 0 Å². The number of halogens is 3. The van der Waals surface area contributed by atoms with Crippen LogP contribution in [0.2, 0.25) is 0 Å². The molecule has 0 unspecified atom stereocenters. The number of nitrogens with zero attached hydrogens (tertiary/aromatic N) is 3. The fourth-order valence-corrected chi connectivity index (χ4v) is 3.11. The summed E-state index contributed by atoms with van der Waals surface area (Å²) in [6.45, 7) is 0. The number of ether oxygens (including phenoxy) is 1. The first-order valence-corrected chi connectivity index (χ1v) is 9.75. The van der Waals surface area contributed by atoms with Crippen LogP contribution in [0.25, 0.3) is 22.4 Å². The largest absolute Gasteiger partial charge is 0.487 e. The molecular weight excluding hydrogens is 438 g/mol. The zero-order chi connectivity index (χ0) is 22.6. The van der Waals surface area contributed by atoms with E-state index in [0.717, 1.165) is 16.7 Å². The second-order valence-corrected chi connectivity index (χ2v) is 7.06. The highest BCUT2D eigenvalue weighted by Gasteiger charge is 2.27. The number of benzene rings is 1. The van der Waals surface area contributed by atoms with Gasteiger partial charge in [0.15, 0.2) is 0 Å². The van der Waals surface area contributed by atoms with Crippen LogP contribution in [0.4, 0.5) is 14.5 Å². The average Bonchev–Trinajstić information content (AvgIpc) is 2.80. The van der Waals surface area contributed by atoms with Crippen LogP contribution < -0.4 is 10.1 Å². The summed E-state index contributed by atoms with van der Waals surface area (Å²) in [6, 6.07) is 14.5. The van der Waals surface area contributed by atoms with Crippen LogP contribution in [0.15, 0.2) is 85.6 Å². The summed E-state index contributed by atoms with van der Waals surface area (Å²) in [5.41, 5.74) is 0.0446. The van der Waals surface area contributed by atoms with E-state index in [-0.39, 0.29) is 5.75 Å². The number of nitrogens with one attached hydrogen (secondary N) is 1. The van der Waals surface area contributed by atoms with E-state index in [4.69, 9.17) is 11.6 Å². The maximum absolute atomic E-state index is 12.8. The van der Waals surface area contributed by atoms with Crippen molar-refractivity contribution in [2.45, 2.75) is 5.57 Å². The summed E-state index contributed by atoms with van der Waals surface area (Å²) >= 11 is 4.75. The van der Waals surface area contributed by atoms with Gasteiger partial charge in [0.25, 0.3) is 5.91 Å². The molecule has 160 valence electrons. The highest BCUT2D eigenvalue weighted by atomic mass is 35.5. The number of amides is 1. The van der Waals surface area contributed by atoms with Crippen molar-refractivity contribution in [2.75, 3.05) is 5.32 Å². The number of pyridine rings is 3. The molecule has 0 fully saturated rings. The predicted molar refractivity (Wildman–Crippen MR) is 117 cm³/mol. The van der Waals surface area contributed by atoms with Crippen molar-refractivity contribution >= 4 is 23.2 Å². The van der Waals surface area contributed by atoms with Crippen molar-refractivity contribution in [2.24, 2.45) is 0 Å². The lowest BCUT2D eigenvalue weighted by Crippen LogP contribution is -2.16. The van der Waals surface area contributed by atoms with E-state index in [1.807, 2.05) is 24.3 Å². The highest BCUT2D eigenvalue weighted by Crippen LogP contribution is 2.31. The van der Waals surface area contributed by atoms with E-state index >= 15 is 0 Å². The molecule has 0 atom stereocenters. The van der Waals surface area contributed by atoms with Crippen LogP contribution in [0.5, 0.6) is 5.75 Å². The van der Waals surface area contributed by atoms with Crippen molar-refractivity contribution < 1.29 is 18.3 Å². The normalized spacial score (nSPS) is 11.1. The summed E-state index contributed by atoms with van der Waals surface area (Å²) in [5.74, 6) is -0.545. The van der Waals surface area contributed by atoms with Gasteiger partial charge in [-0.3, -0.25) is 19.7 Å². The Morgan fingerprint density at radius 3 is 2.09 bits per heavy atom. The van der Waals surface area contributed by atoms with Crippen LogP contribution in [0.1, 0.15) is 10.4 Å². The Hall–Kier alpha value is -3.91. The Morgan fingerprint density at radius 2 is 1.50 bits per heavy atom.